The van der Waals surface area contributed by atoms with Crippen LogP contribution in [0.15, 0.2) is 24.4 Å². The lowest BCUT2D eigenvalue weighted by Gasteiger charge is -2.37. The minimum absolute atomic E-state index is 0.0175. The first-order valence-electron chi connectivity index (χ1n) is 11.3. The third-order valence-electron chi connectivity index (χ3n) is 6.21. The molecule has 4 rings (SSSR count). The van der Waals surface area contributed by atoms with Crippen LogP contribution in [0.3, 0.4) is 0 Å². The Hall–Kier alpha value is -2.20. The van der Waals surface area contributed by atoms with Crippen LogP contribution in [-0.2, 0) is 22.7 Å². The Labute approximate surface area is 212 Å². The van der Waals surface area contributed by atoms with Crippen LogP contribution in [0.25, 0.3) is 0 Å². The van der Waals surface area contributed by atoms with E-state index in [0.717, 1.165) is 30.1 Å². The lowest BCUT2D eigenvalue weighted by atomic mass is 10.2. The summed E-state index contributed by atoms with van der Waals surface area (Å²) < 4.78 is 0. The van der Waals surface area contributed by atoms with Gasteiger partial charge in [0.05, 0.1) is 12.7 Å². The van der Waals surface area contributed by atoms with Crippen molar-refractivity contribution in [2.24, 2.45) is 0 Å². The molecule has 1 unspecified atom stereocenters. The largest absolute Gasteiger partial charge is 0.347 e. The van der Waals surface area contributed by atoms with E-state index in [1.165, 1.54) is 11.3 Å². The number of nitrogens with one attached hydrogen (secondary N) is 1. The van der Waals surface area contributed by atoms with Gasteiger partial charge in [-0.3, -0.25) is 19.3 Å². The van der Waals surface area contributed by atoms with Gasteiger partial charge in [-0.15, -0.1) is 11.3 Å². The van der Waals surface area contributed by atoms with Crippen molar-refractivity contribution in [3.05, 3.63) is 49.9 Å². The highest BCUT2D eigenvalue weighted by Gasteiger charge is 2.33. The number of hydrogen-bond donors (Lipinski definition) is 1. The number of amides is 3. The number of piperazine rings is 1. The molecule has 182 valence electrons. The van der Waals surface area contributed by atoms with Gasteiger partial charge in [-0.2, -0.15) is 0 Å². The molecule has 3 amide bonds. The fraction of sp³-hybridized carbons (Fsp3) is 0.478. The van der Waals surface area contributed by atoms with Crippen LogP contribution >= 0.6 is 34.5 Å². The molecule has 2 aromatic rings. The van der Waals surface area contributed by atoms with Crippen molar-refractivity contribution in [3.63, 3.8) is 0 Å². The van der Waals surface area contributed by atoms with Crippen molar-refractivity contribution in [1.29, 1.82) is 0 Å². The molecule has 2 aliphatic heterocycles. The van der Waals surface area contributed by atoms with Gasteiger partial charge in [-0.1, -0.05) is 29.3 Å². The van der Waals surface area contributed by atoms with Crippen molar-refractivity contribution >= 4 is 52.3 Å². The Morgan fingerprint density at radius 1 is 1.18 bits per heavy atom. The molecule has 0 saturated carbocycles. The predicted octanol–water partition coefficient (Wildman–Crippen LogP) is 3.04. The molecule has 1 aromatic heterocycles. The van der Waals surface area contributed by atoms with Crippen LogP contribution in [0.2, 0.25) is 10.0 Å². The minimum atomic E-state index is -0.399. The third kappa shape index (κ3) is 5.89. The second-order valence-electron chi connectivity index (χ2n) is 8.50. The minimum Gasteiger partial charge on any atom is -0.347 e. The van der Waals surface area contributed by atoms with E-state index in [2.05, 4.69) is 15.2 Å². The summed E-state index contributed by atoms with van der Waals surface area (Å²) in [6.07, 6.45) is 2.95. The summed E-state index contributed by atoms with van der Waals surface area (Å²) in [6, 6.07) is 4.77. The lowest BCUT2D eigenvalue weighted by molar-refractivity contribution is -0.144. The number of halogens is 2. The lowest BCUT2D eigenvalue weighted by Crippen LogP contribution is -2.54. The normalized spacial score (nSPS) is 17.8. The predicted molar refractivity (Wildman–Crippen MR) is 132 cm³/mol. The molecule has 1 N–H and O–H groups in total. The number of carbonyl (C=O) groups is 3. The smallest absolute Gasteiger partial charge is 0.263 e. The second-order valence-corrected chi connectivity index (χ2v) is 10.5. The molecular weight excluding hydrogens is 497 g/mol. The summed E-state index contributed by atoms with van der Waals surface area (Å²) in [4.78, 5) is 48.0. The molecular formula is C23H27Cl2N5O3S. The van der Waals surface area contributed by atoms with Crippen LogP contribution in [0.4, 0.5) is 0 Å². The Kier molecular flexibility index (Phi) is 8.08. The van der Waals surface area contributed by atoms with E-state index in [1.807, 2.05) is 11.8 Å². The standard InChI is InChI=1S/C23H27Cl2N5O3S/c1-15(30-6-2-3-21(30)31)23(33)29-9-7-28(8-10-29)14-20-26-13-19(34-20)22(32)27-12-16-4-5-17(24)11-18(16)25/h4-5,11,13,15H,2-3,6-10,12,14H2,1H3,(H,27,32). The first-order valence-corrected chi connectivity index (χ1v) is 12.9. The number of rotatable bonds is 7. The Balaban J connectivity index is 1.24. The van der Waals surface area contributed by atoms with E-state index < -0.39 is 6.04 Å². The van der Waals surface area contributed by atoms with Crippen molar-refractivity contribution in [1.82, 2.24) is 25.0 Å². The van der Waals surface area contributed by atoms with Crippen molar-refractivity contribution in [3.8, 4) is 0 Å². The van der Waals surface area contributed by atoms with Crippen molar-refractivity contribution in [2.45, 2.75) is 38.9 Å². The van der Waals surface area contributed by atoms with Gasteiger partial charge < -0.3 is 15.1 Å². The van der Waals surface area contributed by atoms with E-state index in [9.17, 15) is 14.4 Å². The van der Waals surface area contributed by atoms with E-state index in [-0.39, 0.29) is 17.7 Å². The summed E-state index contributed by atoms with van der Waals surface area (Å²) in [7, 11) is 0. The highest BCUT2D eigenvalue weighted by molar-refractivity contribution is 7.13. The number of benzene rings is 1. The molecule has 0 radical (unpaired) electrons. The van der Waals surface area contributed by atoms with E-state index in [0.29, 0.717) is 54.1 Å². The van der Waals surface area contributed by atoms with Crippen LogP contribution in [0, 0.1) is 0 Å². The van der Waals surface area contributed by atoms with Gasteiger partial charge in [0.1, 0.15) is 15.9 Å². The number of aromatic nitrogens is 1. The molecule has 11 heteroatoms. The maximum Gasteiger partial charge on any atom is 0.263 e. The fourth-order valence-corrected chi connectivity index (χ4v) is 5.56. The molecule has 2 saturated heterocycles. The Morgan fingerprint density at radius 2 is 1.94 bits per heavy atom. The van der Waals surface area contributed by atoms with E-state index in [4.69, 9.17) is 23.2 Å². The average Bonchev–Trinajstić information content (AvgIpc) is 3.47. The maximum absolute atomic E-state index is 12.8. The molecule has 3 heterocycles. The quantitative estimate of drug-likeness (QED) is 0.602. The van der Waals surface area contributed by atoms with Gasteiger partial charge in [0.15, 0.2) is 0 Å². The number of hydrogen-bond acceptors (Lipinski definition) is 6. The third-order valence-corrected chi connectivity index (χ3v) is 7.78. The Morgan fingerprint density at radius 3 is 2.62 bits per heavy atom. The molecule has 34 heavy (non-hydrogen) atoms. The van der Waals surface area contributed by atoms with Gasteiger partial charge in [-0.25, -0.2) is 4.98 Å². The van der Waals surface area contributed by atoms with Gasteiger partial charge >= 0.3 is 0 Å². The molecule has 8 nitrogen and oxygen atoms in total. The average molecular weight is 524 g/mol. The number of nitrogens with zero attached hydrogens (tertiary/aromatic N) is 4. The summed E-state index contributed by atoms with van der Waals surface area (Å²) in [5.74, 6) is -0.112. The Bertz CT molecular complexity index is 1070. The zero-order chi connectivity index (χ0) is 24.2. The molecule has 1 atom stereocenters. The summed E-state index contributed by atoms with van der Waals surface area (Å²) in [6.45, 7) is 6.10. The number of likely N-dealkylation sites (tertiary alicyclic amines) is 1. The molecule has 2 aliphatic rings. The zero-order valence-electron chi connectivity index (χ0n) is 18.9. The van der Waals surface area contributed by atoms with Crippen molar-refractivity contribution < 1.29 is 14.4 Å². The maximum atomic E-state index is 12.8. The van der Waals surface area contributed by atoms with E-state index >= 15 is 0 Å². The highest BCUT2D eigenvalue weighted by Crippen LogP contribution is 2.22. The summed E-state index contributed by atoms with van der Waals surface area (Å²) >= 11 is 13.4. The van der Waals surface area contributed by atoms with Gasteiger partial charge in [0, 0.05) is 55.7 Å². The second kappa shape index (κ2) is 11.0. The van der Waals surface area contributed by atoms with E-state index in [1.54, 1.807) is 29.3 Å². The van der Waals surface area contributed by atoms with Gasteiger partial charge in [0.2, 0.25) is 11.8 Å². The first-order chi connectivity index (χ1) is 16.3. The van der Waals surface area contributed by atoms with Crippen LogP contribution in [0.5, 0.6) is 0 Å². The monoisotopic (exact) mass is 523 g/mol. The van der Waals surface area contributed by atoms with Crippen LogP contribution < -0.4 is 5.32 Å². The number of carbonyl (C=O) groups excluding carboxylic acids is 3. The molecule has 0 aliphatic carbocycles. The molecule has 0 bridgehead atoms. The fourth-order valence-electron chi connectivity index (χ4n) is 4.21. The van der Waals surface area contributed by atoms with Crippen molar-refractivity contribution in [2.75, 3.05) is 32.7 Å². The topological polar surface area (TPSA) is 85.8 Å². The SMILES string of the molecule is CC(C(=O)N1CCN(Cc2ncc(C(=O)NCc3ccc(Cl)cc3Cl)s2)CC1)N1CCCC1=O. The molecule has 0 spiro atoms. The van der Waals surface area contributed by atoms with Crippen LogP contribution in [-0.4, -0.2) is 76.2 Å². The molecule has 1 aromatic carbocycles. The van der Waals surface area contributed by atoms with Gasteiger partial charge in [-0.05, 0) is 31.0 Å². The summed E-state index contributed by atoms with van der Waals surface area (Å²) in [5, 5.41) is 4.78. The zero-order valence-corrected chi connectivity index (χ0v) is 21.3. The van der Waals surface area contributed by atoms with Gasteiger partial charge in [0.25, 0.3) is 5.91 Å². The summed E-state index contributed by atoms with van der Waals surface area (Å²) in [5.41, 5.74) is 0.792. The molecule has 2 fully saturated rings. The first kappa shape index (κ1) is 24.9. The van der Waals surface area contributed by atoms with Crippen LogP contribution in [0.1, 0.15) is 40.0 Å². The highest BCUT2D eigenvalue weighted by atomic mass is 35.5. The number of thiazole rings is 1.